The van der Waals surface area contributed by atoms with E-state index in [1.165, 1.54) is 12.0 Å². The van der Waals surface area contributed by atoms with Crippen molar-refractivity contribution in [2.24, 2.45) is 5.92 Å². The van der Waals surface area contributed by atoms with Gasteiger partial charge in [-0.2, -0.15) is 0 Å². The van der Waals surface area contributed by atoms with Crippen LogP contribution in [0.15, 0.2) is 11.6 Å². The Morgan fingerprint density at radius 2 is 1.30 bits per heavy atom. The van der Waals surface area contributed by atoms with E-state index in [2.05, 4.69) is 99.5 Å². The molecule has 0 unspecified atom stereocenters. The number of likely N-dealkylation sites (N-methyl/N-ethyl adjacent to an activating group) is 1. The summed E-state index contributed by atoms with van der Waals surface area (Å²) >= 11 is 0. The third-order valence-corrected chi connectivity index (χ3v) is 3.91. The van der Waals surface area contributed by atoms with Gasteiger partial charge in [0, 0.05) is 11.1 Å². The quantitative estimate of drug-likeness (QED) is 0.677. The van der Waals surface area contributed by atoms with Crippen LogP contribution in [0.1, 0.15) is 61.8 Å². The first-order chi connectivity index (χ1) is 8.72. The topological polar surface area (TPSA) is 6.48 Å². The minimum Gasteiger partial charge on any atom is -0.304 e. The Labute approximate surface area is 129 Å². The van der Waals surface area contributed by atoms with Crippen LogP contribution in [0.3, 0.4) is 0 Å². The Balaban J connectivity index is 0. The molecule has 0 N–H and O–H groups in total. The highest BCUT2D eigenvalue weighted by atomic mass is 15.1. The number of rotatable bonds is 5. The predicted octanol–water partition coefficient (Wildman–Crippen LogP) is 4.67. The van der Waals surface area contributed by atoms with E-state index in [4.69, 9.17) is 0 Å². The zero-order valence-electron chi connectivity index (χ0n) is 16.3. The molecule has 0 fully saturated rings. The van der Waals surface area contributed by atoms with Crippen LogP contribution in [-0.2, 0) is 0 Å². The van der Waals surface area contributed by atoms with Crippen LogP contribution < -0.4 is 0 Å². The summed E-state index contributed by atoms with van der Waals surface area (Å²) in [6, 6.07) is 0. The summed E-state index contributed by atoms with van der Waals surface area (Å²) in [6.45, 7) is 17.8. The summed E-state index contributed by atoms with van der Waals surface area (Å²) in [6.07, 6.45) is 3.53. The van der Waals surface area contributed by atoms with Crippen molar-refractivity contribution in [1.29, 1.82) is 0 Å². The van der Waals surface area contributed by atoms with Gasteiger partial charge in [-0.3, -0.25) is 0 Å². The first-order valence-electron chi connectivity index (χ1n) is 7.73. The molecular weight excluding hydrogens is 244 g/mol. The van der Waals surface area contributed by atoms with Crippen LogP contribution >= 0.6 is 0 Å². The fourth-order valence-electron chi connectivity index (χ4n) is 2.02. The van der Waals surface area contributed by atoms with Crippen LogP contribution in [-0.4, -0.2) is 49.1 Å². The second-order valence-corrected chi connectivity index (χ2v) is 8.07. The third kappa shape index (κ3) is 10.4. The van der Waals surface area contributed by atoms with Gasteiger partial charge in [0.15, 0.2) is 0 Å². The van der Waals surface area contributed by atoms with Crippen LogP contribution in [0.2, 0.25) is 0 Å². The maximum atomic E-state index is 2.28. The van der Waals surface area contributed by atoms with E-state index in [9.17, 15) is 0 Å². The van der Waals surface area contributed by atoms with E-state index in [-0.39, 0.29) is 5.54 Å². The summed E-state index contributed by atoms with van der Waals surface area (Å²) in [7, 11) is 8.48. The summed E-state index contributed by atoms with van der Waals surface area (Å²) in [5.41, 5.74) is 1.92. The van der Waals surface area contributed by atoms with Gasteiger partial charge in [0.2, 0.25) is 0 Å². The maximum absolute atomic E-state index is 2.28. The van der Waals surface area contributed by atoms with E-state index < -0.39 is 0 Å². The SMILES string of the molecule is CC(C)=CC(C)(C)N(C)C.CC(C)CC(C)(C)N(C)C. The van der Waals surface area contributed by atoms with Gasteiger partial charge in [0.05, 0.1) is 0 Å². The molecule has 0 saturated carbocycles. The Hall–Kier alpha value is -0.340. The number of nitrogens with zero attached hydrogens (tertiary/aromatic N) is 2. The minimum atomic E-state index is 0.193. The normalized spacial score (nSPS) is 12.6. The predicted molar refractivity (Wildman–Crippen MR) is 94.4 cm³/mol. The van der Waals surface area contributed by atoms with Gasteiger partial charge in [-0.25, -0.2) is 0 Å². The lowest BCUT2D eigenvalue weighted by molar-refractivity contribution is 0.163. The molecule has 0 aliphatic rings. The summed E-state index contributed by atoms with van der Waals surface area (Å²) < 4.78 is 0. The average Bonchev–Trinajstić information content (AvgIpc) is 2.13. The Morgan fingerprint density at radius 3 is 1.40 bits per heavy atom. The molecule has 0 rings (SSSR count). The zero-order chi connectivity index (χ0) is 16.7. The fraction of sp³-hybridized carbons (Fsp3) is 0.889. The van der Waals surface area contributed by atoms with E-state index >= 15 is 0 Å². The average molecular weight is 285 g/mol. The molecule has 0 bridgehead atoms. The van der Waals surface area contributed by atoms with Crippen molar-refractivity contribution >= 4 is 0 Å². The maximum Gasteiger partial charge on any atom is 0.0331 e. The lowest BCUT2D eigenvalue weighted by Gasteiger charge is -2.34. The van der Waals surface area contributed by atoms with Crippen molar-refractivity contribution in [3.8, 4) is 0 Å². The monoisotopic (exact) mass is 284 g/mol. The van der Waals surface area contributed by atoms with E-state index in [1.54, 1.807) is 0 Å². The molecule has 0 aromatic heterocycles. The first kappa shape index (κ1) is 21.9. The summed E-state index contributed by atoms with van der Waals surface area (Å²) in [5, 5.41) is 0. The van der Waals surface area contributed by atoms with Gasteiger partial charge >= 0.3 is 0 Å². The molecule has 0 radical (unpaired) electrons. The van der Waals surface area contributed by atoms with Gasteiger partial charge in [-0.05, 0) is 82.1 Å². The second kappa shape index (κ2) is 8.84. The molecule has 0 aromatic carbocycles. The molecule has 0 heterocycles. The Morgan fingerprint density at radius 1 is 0.900 bits per heavy atom. The molecule has 0 aliphatic heterocycles. The molecule has 0 saturated heterocycles. The van der Waals surface area contributed by atoms with Crippen molar-refractivity contribution in [3.63, 3.8) is 0 Å². The van der Waals surface area contributed by atoms with Gasteiger partial charge in [-0.15, -0.1) is 0 Å². The summed E-state index contributed by atoms with van der Waals surface area (Å²) in [4.78, 5) is 4.49. The highest BCUT2D eigenvalue weighted by Crippen LogP contribution is 2.20. The molecule has 2 nitrogen and oxygen atoms in total. The van der Waals surface area contributed by atoms with Crippen molar-refractivity contribution in [3.05, 3.63) is 11.6 Å². The number of allylic oxidation sites excluding steroid dienone is 1. The van der Waals surface area contributed by atoms with E-state index in [0.29, 0.717) is 5.54 Å². The number of hydrogen-bond acceptors (Lipinski definition) is 2. The molecule has 0 spiro atoms. The van der Waals surface area contributed by atoms with Crippen molar-refractivity contribution in [2.45, 2.75) is 72.9 Å². The van der Waals surface area contributed by atoms with Crippen LogP contribution in [0, 0.1) is 5.92 Å². The molecule has 0 aromatic rings. The van der Waals surface area contributed by atoms with Crippen molar-refractivity contribution in [1.82, 2.24) is 9.80 Å². The molecule has 0 atom stereocenters. The molecule has 0 amide bonds. The highest BCUT2D eigenvalue weighted by Gasteiger charge is 2.20. The third-order valence-electron chi connectivity index (χ3n) is 3.91. The lowest BCUT2D eigenvalue weighted by Crippen LogP contribution is -2.39. The Bertz CT molecular complexity index is 280. The van der Waals surface area contributed by atoms with E-state index in [1.807, 2.05) is 0 Å². The minimum absolute atomic E-state index is 0.193. The van der Waals surface area contributed by atoms with Crippen LogP contribution in [0.5, 0.6) is 0 Å². The van der Waals surface area contributed by atoms with E-state index in [0.717, 1.165) is 5.92 Å². The summed E-state index contributed by atoms with van der Waals surface area (Å²) in [5.74, 6) is 0.789. The highest BCUT2D eigenvalue weighted by molar-refractivity contribution is 5.06. The molecule has 0 aliphatic carbocycles. The number of hydrogen-bond donors (Lipinski definition) is 0. The molecule has 20 heavy (non-hydrogen) atoms. The van der Waals surface area contributed by atoms with Gasteiger partial charge in [0.25, 0.3) is 0 Å². The second-order valence-electron chi connectivity index (χ2n) is 8.07. The molecular formula is C18H40N2. The molecule has 2 heteroatoms. The van der Waals surface area contributed by atoms with Crippen molar-refractivity contribution in [2.75, 3.05) is 28.2 Å². The van der Waals surface area contributed by atoms with Gasteiger partial charge < -0.3 is 9.80 Å². The molecule has 122 valence electrons. The van der Waals surface area contributed by atoms with Crippen molar-refractivity contribution < 1.29 is 0 Å². The van der Waals surface area contributed by atoms with Gasteiger partial charge in [-0.1, -0.05) is 25.5 Å². The lowest BCUT2D eigenvalue weighted by atomic mass is 9.92. The first-order valence-corrected chi connectivity index (χ1v) is 7.73. The van der Waals surface area contributed by atoms with Crippen LogP contribution in [0.25, 0.3) is 0 Å². The zero-order valence-corrected chi connectivity index (χ0v) is 16.3. The van der Waals surface area contributed by atoms with Gasteiger partial charge in [0.1, 0.15) is 0 Å². The smallest absolute Gasteiger partial charge is 0.0331 e. The Kier molecular flexibility index (Phi) is 9.70. The van der Waals surface area contributed by atoms with Crippen LogP contribution in [0.4, 0.5) is 0 Å². The largest absolute Gasteiger partial charge is 0.304 e. The standard InChI is InChI=1S/C9H21N.C9H19N/c2*1-8(2)7-9(3,4)10(5)6/h8H,7H2,1-6H3;7H,1-6H3. The fourth-order valence-corrected chi connectivity index (χ4v) is 2.02.